The van der Waals surface area contributed by atoms with Gasteiger partial charge in [-0.3, -0.25) is 14.9 Å². The first-order valence-corrected chi connectivity index (χ1v) is 2.82. The summed E-state index contributed by atoms with van der Waals surface area (Å²) in [6.45, 7) is 3.11. The fraction of sp³-hybridized carbons (Fsp3) is 0.600. The Morgan fingerprint density at radius 1 is 1.40 bits per heavy atom. The van der Waals surface area contributed by atoms with Crippen LogP contribution < -0.4 is 10.8 Å². The number of hydroxylamine groups is 1. The van der Waals surface area contributed by atoms with Crippen molar-refractivity contribution < 1.29 is 14.4 Å². The van der Waals surface area contributed by atoms with E-state index in [0.29, 0.717) is 0 Å². The summed E-state index contributed by atoms with van der Waals surface area (Å²) in [6.07, 6.45) is 0. The van der Waals surface area contributed by atoms with Gasteiger partial charge in [-0.2, -0.15) is 0 Å². The van der Waals surface area contributed by atoms with E-state index >= 15 is 0 Å². The van der Waals surface area contributed by atoms with Crippen LogP contribution in [0.3, 0.4) is 0 Å². The molecule has 0 aliphatic carbocycles. The quantitative estimate of drug-likeness (QED) is 0.483. The van der Waals surface area contributed by atoms with Crippen molar-refractivity contribution in [2.45, 2.75) is 19.4 Å². The highest BCUT2D eigenvalue weighted by atomic mass is 16.7. The van der Waals surface area contributed by atoms with Gasteiger partial charge in [0.1, 0.15) is 0 Å². The molecule has 5 heteroatoms. The SMILES string of the molecule is CC1(C)ONC(=O)NC1=O. The Labute approximate surface area is 57.7 Å². The highest BCUT2D eigenvalue weighted by Gasteiger charge is 2.35. The van der Waals surface area contributed by atoms with Crippen molar-refractivity contribution in [2.24, 2.45) is 0 Å². The number of hydrogen-bond acceptors (Lipinski definition) is 3. The lowest BCUT2D eigenvalue weighted by Crippen LogP contribution is -2.58. The molecule has 0 radical (unpaired) electrons. The van der Waals surface area contributed by atoms with E-state index < -0.39 is 17.5 Å². The molecule has 3 amide bonds. The van der Waals surface area contributed by atoms with E-state index in [0.717, 1.165) is 0 Å². The van der Waals surface area contributed by atoms with Crippen molar-refractivity contribution >= 4 is 11.9 Å². The first kappa shape index (κ1) is 7.01. The van der Waals surface area contributed by atoms with Crippen LogP contribution in [-0.4, -0.2) is 17.5 Å². The molecule has 1 fully saturated rings. The molecule has 1 saturated heterocycles. The summed E-state index contributed by atoms with van der Waals surface area (Å²) in [5.41, 5.74) is 1.07. The molecule has 5 nitrogen and oxygen atoms in total. The second-order valence-corrected chi connectivity index (χ2v) is 2.50. The highest BCUT2D eigenvalue weighted by Crippen LogP contribution is 2.09. The summed E-state index contributed by atoms with van der Waals surface area (Å²) in [6, 6.07) is -0.621. The minimum Gasteiger partial charge on any atom is -0.274 e. The standard InChI is InChI=1S/C5H8N2O3/c1-5(2)3(8)6-4(9)7-10-5/h1-2H3,(H2,6,7,8,9). The third-order valence-electron chi connectivity index (χ3n) is 1.17. The fourth-order valence-corrected chi connectivity index (χ4v) is 0.499. The maximum atomic E-state index is 10.8. The second kappa shape index (κ2) is 1.95. The normalized spacial score (nSPS) is 23.4. The second-order valence-electron chi connectivity index (χ2n) is 2.50. The summed E-state index contributed by atoms with van der Waals surface area (Å²) in [5, 5.41) is 2.06. The molecular formula is C5H8N2O3. The summed E-state index contributed by atoms with van der Waals surface area (Å²) in [4.78, 5) is 25.9. The lowest BCUT2D eigenvalue weighted by Gasteiger charge is -2.27. The van der Waals surface area contributed by atoms with Gasteiger partial charge < -0.3 is 0 Å². The predicted molar refractivity (Wildman–Crippen MR) is 31.8 cm³/mol. The third kappa shape index (κ3) is 1.08. The maximum Gasteiger partial charge on any atom is 0.345 e. The van der Waals surface area contributed by atoms with E-state index in [1.807, 2.05) is 5.48 Å². The zero-order chi connectivity index (χ0) is 7.78. The van der Waals surface area contributed by atoms with Gasteiger partial charge in [0, 0.05) is 0 Å². The predicted octanol–water partition coefficient (Wildman–Crippen LogP) is -0.464. The van der Waals surface area contributed by atoms with Gasteiger partial charge in [-0.05, 0) is 13.8 Å². The maximum absolute atomic E-state index is 10.8. The van der Waals surface area contributed by atoms with Crippen molar-refractivity contribution in [3.8, 4) is 0 Å². The third-order valence-corrected chi connectivity index (χ3v) is 1.17. The van der Waals surface area contributed by atoms with Crippen molar-refractivity contribution in [2.75, 3.05) is 0 Å². The fourth-order valence-electron chi connectivity index (χ4n) is 0.499. The van der Waals surface area contributed by atoms with Crippen LogP contribution in [0.1, 0.15) is 13.8 Å². The number of carbonyl (C=O) groups is 2. The minimum atomic E-state index is -0.964. The van der Waals surface area contributed by atoms with E-state index in [-0.39, 0.29) is 0 Å². The molecule has 0 aromatic heterocycles. The van der Waals surface area contributed by atoms with E-state index in [1.54, 1.807) is 13.8 Å². The Balaban J connectivity index is 2.70. The minimum absolute atomic E-state index is 0.434. The number of urea groups is 1. The molecule has 0 saturated carbocycles. The van der Waals surface area contributed by atoms with E-state index in [9.17, 15) is 9.59 Å². The van der Waals surface area contributed by atoms with Crippen LogP contribution in [0.15, 0.2) is 0 Å². The topological polar surface area (TPSA) is 67.4 Å². The molecular weight excluding hydrogens is 136 g/mol. The Morgan fingerprint density at radius 3 is 2.40 bits per heavy atom. The summed E-state index contributed by atoms with van der Waals surface area (Å²) < 4.78 is 0. The molecule has 1 aliphatic heterocycles. The summed E-state index contributed by atoms with van der Waals surface area (Å²) >= 11 is 0. The zero-order valence-electron chi connectivity index (χ0n) is 5.72. The smallest absolute Gasteiger partial charge is 0.274 e. The number of nitrogens with one attached hydrogen (secondary N) is 2. The molecule has 0 unspecified atom stereocenters. The number of imide groups is 1. The largest absolute Gasteiger partial charge is 0.345 e. The van der Waals surface area contributed by atoms with Gasteiger partial charge in [-0.25, -0.2) is 10.3 Å². The lowest BCUT2D eigenvalue weighted by atomic mass is 10.1. The summed E-state index contributed by atoms with van der Waals surface area (Å²) in [7, 11) is 0. The van der Waals surface area contributed by atoms with Gasteiger partial charge in [-0.15, -0.1) is 0 Å². The van der Waals surface area contributed by atoms with E-state index in [1.165, 1.54) is 0 Å². The monoisotopic (exact) mass is 144 g/mol. The molecule has 0 bridgehead atoms. The van der Waals surface area contributed by atoms with E-state index in [4.69, 9.17) is 0 Å². The Bertz CT molecular complexity index is 187. The van der Waals surface area contributed by atoms with Crippen molar-refractivity contribution in [3.05, 3.63) is 0 Å². The van der Waals surface area contributed by atoms with Crippen LogP contribution in [-0.2, 0) is 9.63 Å². The first-order valence-electron chi connectivity index (χ1n) is 2.82. The van der Waals surface area contributed by atoms with Gasteiger partial charge in [-0.1, -0.05) is 0 Å². The Kier molecular flexibility index (Phi) is 1.37. The van der Waals surface area contributed by atoms with Gasteiger partial charge in [0.05, 0.1) is 0 Å². The van der Waals surface area contributed by atoms with Crippen LogP contribution in [0.5, 0.6) is 0 Å². The molecule has 1 aliphatic rings. The molecule has 10 heavy (non-hydrogen) atoms. The molecule has 0 aromatic rings. The number of amides is 3. The number of carbonyl (C=O) groups excluding carboxylic acids is 2. The molecule has 1 rings (SSSR count). The van der Waals surface area contributed by atoms with Crippen molar-refractivity contribution in [1.82, 2.24) is 10.8 Å². The van der Waals surface area contributed by atoms with Crippen LogP contribution in [0.2, 0.25) is 0 Å². The molecule has 0 spiro atoms. The van der Waals surface area contributed by atoms with Crippen molar-refractivity contribution in [1.29, 1.82) is 0 Å². The number of hydrogen-bond donors (Lipinski definition) is 2. The molecule has 2 N–H and O–H groups in total. The number of rotatable bonds is 0. The molecule has 56 valence electrons. The average Bonchev–Trinajstić information content (AvgIpc) is 1.81. The van der Waals surface area contributed by atoms with Gasteiger partial charge in [0.25, 0.3) is 5.91 Å². The van der Waals surface area contributed by atoms with Gasteiger partial charge in [0.2, 0.25) is 0 Å². The lowest BCUT2D eigenvalue weighted by molar-refractivity contribution is -0.154. The molecule has 0 atom stereocenters. The highest BCUT2D eigenvalue weighted by molar-refractivity contribution is 5.99. The summed E-state index contributed by atoms with van der Waals surface area (Å²) in [5.74, 6) is -0.434. The molecule has 1 heterocycles. The molecule has 0 aromatic carbocycles. The van der Waals surface area contributed by atoms with Crippen LogP contribution in [0.25, 0.3) is 0 Å². The van der Waals surface area contributed by atoms with Gasteiger partial charge in [0.15, 0.2) is 5.60 Å². The Morgan fingerprint density at radius 2 is 2.00 bits per heavy atom. The first-order chi connectivity index (χ1) is 4.52. The van der Waals surface area contributed by atoms with Crippen LogP contribution in [0, 0.1) is 0 Å². The average molecular weight is 144 g/mol. The zero-order valence-corrected chi connectivity index (χ0v) is 5.72. The Hall–Kier alpha value is -1.10. The van der Waals surface area contributed by atoms with E-state index in [2.05, 4.69) is 10.2 Å². The van der Waals surface area contributed by atoms with Crippen LogP contribution >= 0.6 is 0 Å². The van der Waals surface area contributed by atoms with Crippen molar-refractivity contribution in [3.63, 3.8) is 0 Å². The van der Waals surface area contributed by atoms with Crippen LogP contribution in [0.4, 0.5) is 4.79 Å². The van der Waals surface area contributed by atoms with Gasteiger partial charge >= 0.3 is 6.03 Å².